The van der Waals surface area contributed by atoms with E-state index in [1.165, 1.54) is 0 Å². The van der Waals surface area contributed by atoms with Crippen LogP contribution in [0.5, 0.6) is 0 Å². The summed E-state index contributed by atoms with van der Waals surface area (Å²) in [7, 11) is 0. The maximum Gasteiger partial charge on any atom is 0.0868 e. The lowest BCUT2D eigenvalue weighted by atomic mass is 10.1. The molecule has 1 aromatic rings. The first-order valence-corrected chi connectivity index (χ1v) is 4.70. The van der Waals surface area contributed by atoms with Crippen molar-refractivity contribution in [3.05, 3.63) is 29.8 Å². The van der Waals surface area contributed by atoms with Crippen LogP contribution in [0.1, 0.15) is 12.5 Å². The Balaban J connectivity index is 2.68. The van der Waals surface area contributed by atoms with Gasteiger partial charge in [-0.2, -0.15) is 5.26 Å². The van der Waals surface area contributed by atoms with E-state index >= 15 is 0 Å². The number of rotatable bonds is 4. The molecule has 0 aromatic heterocycles. The lowest BCUT2D eigenvalue weighted by Gasteiger charge is -2.17. The van der Waals surface area contributed by atoms with Crippen LogP contribution in [0.3, 0.4) is 0 Å². The molecule has 14 heavy (non-hydrogen) atoms. The predicted octanol–water partition coefficient (Wildman–Crippen LogP) is 1.61. The average molecular weight is 189 g/mol. The van der Waals surface area contributed by atoms with Gasteiger partial charge in [0.05, 0.1) is 12.6 Å². The maximum absolute atomic E-state index is 8.59. The van der Waals surface area contributed by atoms with Crippen molar-refractivity contribution in [1.29, 1.82) is 5.26 Å². The molecule has 0 fully saturated rings. The highest BCUT2D eigenvalue weighted by molar-refractivity contribution is 5.46. The molecule has 3 nitrogen and oxygen atoms in total. The van der Waals surface area contributed by atoms with Gasteiger partial charge in [0.15, 0.2) is 0 Å². The molecule has 1 aromatic carbocycles. The average Bonchev–Trinajstić information content (AvgIpc) is 2.20. The molecule has 0 heterocycles. The highest BCUT2D eigenvalue weighted by Crippen LogP contribution is 2.12. The Labute approximate surface area is 84.7 Å². The number of hydrogen-bond acceptors (Lipinski definition) is 3. The van der Waals surface area contributed by atoms with E-state index in [1.807, 2.05) is 36.1 Å². The lowest BCUT2D eigenvalue weighted by Crippen LogP contribution is -2.23. The van der Waals surface area contributed by atoms with Crippen LogP contribution in [0.4, 0.5) is 5.69 Å². The van der Waals surface area contributed by atoms with Crippen molar-refractivity contribution in [2.45, 2.75) is 13.5 Å². The highest BCUT2D eigenvalue weighted by Gasteiger charge is 2.04. The monoisotopic (exact) mass is 189 g/mol. The van der Waals surface area contributed by atoms with Crippen LogP contribution >= 0.6 is 0 Å². The Morgan fingerprint density at radius 2 is 2.14 bits per heavy atom. The molecule has 0 aliphatic carbocycles. The van der Waals surface area contributed by atoms with E-state index in [9.17, 15) is 0 Å². The van der Waals surface area contributed by atoms with E-state index in [0.29, 0.717) is 6.54 Å². The van der Waals surface area contributed by atoms with Crippen molar-refractivity contribution < 1.29 is 0 Å². The van der Waals surface area contributed by atoms with Gasteiger partial charge in [0.2, 0.25) is 0 Å². The maximum atomic E-state index is 8.59. The smallest absolute Gasteiger partial charge is 0.0868 e. The number of para-hydroxylation sites is 1. The summed E-state index contributed by atoms with van der Waals surface area (Å²) in [5.41, 5.74) is 7.69. The molecule has 0 amide bonds. The van der Waals surface area contributed by atoms with Gasteiger partial charge in [-0.25, -0.2) is 0 Å². The third kappa shape index (κ3) is 2.75. The van der Waals surface area contributed by atoms with Gasteiger partial charge in [-0.05, 0) is 18.2 Å². The number of anilines is 1. The fourth-order valence-corrected chi connectivity index (χ4v) is 1.30. The molecule has 0 radical (unpaired) electrons. The van der Waals surface area contributed by atoms with E-state index in [1.54, 1.807) is 0 Å². The molecule has 0 unspecified atom stereocenters. The summed E-state index contributed by atoms with van der Waals surface area (Å²) >= 11 is 0. The molecule has 74 valence electrons. The largest absolute Gasteiger partial charge is 0.398 e. The van der Waals surface area contributed by atoms with Crippen LogP contribution in [-0.2, 0) is 6.54 Å². The van der Waals surface area contributed by atoms with Gasteiger partial charge >= 0.3 is 0 Å². The molecular formula is C11H15N3. The second-order valence-electron chi connectivity index (χ2n) is 3.16. The topological polar surface area (TPSA) is 53.0 Å². The number of benzene rings is 1. The van der Waals surface area contributed by atoms with Gasteiger partial charge in [-0.3, -0.25) is 4.90 Å². The summed E-state index contributed by atoms with van der Waals surface area (Å²) in [6.07, 6.45) is 0. The van der Waals surface area contributed by atoms with Crippen LogP contribution < -0.4 is 5.73 Å². The Hall–Kier alpha value is -1.53. The minimum absolute atomic E-state index is 0.449. The second-order valence-corrected chi connectivity index (χ2v) is 3.16. The lowest BCUT2D eigenvalue weighted by molar-refractivity contribution is 0.315. The third-order valence-corrected chi connectivity index (χ3v) is 2.19. The Kier molecular flexibility index (Phi) is 3.96. The third-order valence-electron chi connectivity index (χ3n) is 2.19. The van der Waals surface area contributed by atoms with Gasteiger partial charge in [0, 0.05) is 12.2 Å². The standard InChI is InChI=1S/C11H15N3/c1-2-14(8-7-12)9-10-5-3-4-6-11(10)13/h3-6H,2,8-9,13H2,1H3. The molecule has 0 saturated carbocycles. The van der Waals surface area contributed by atoms with Crippen LogP contribution in [0.25, 0.3) is 0 Å². The zero-order valence-electron chi connectivity index (χ0n) is 8.40. The van der Waals surface area contributed by atoms with Crippen LogP contribution in [-0.4, -0.2) is 18.0 Å². The first kappa shape index (κ1) is 10.6. The molecule has 0 spiro atoms. The van der Waals surface area contributed by atoms with Gasteiger partial charge in [0.25, 0.3) is 0 Å². The molecule has 0 aliphatic heterocycles. The second kappa shape index (κ2) is 5.25. The van der Waals surface area contributed by atoms with E-state index in [2.05, 4.69) is 6.07 Å². The van der Waals surface area contributed by atoms with Gasteiger partial charge in [0.1, 0.15) is 0 Å². The summed E-state index contributed by atoms with van der Waals surface area (Å²) in [6, 6.07) is 9.90. The Morgan fingerprint density at radius 3 is 2.71 bits per heavy atom. The Morgan fingerprint density at radius 1 is 1.43 bits per heavy atom. The first-order valence-electron chi connectivity index (χ1n) is 4.70. The summed E-state index contributed by atoms with van der Waals surface area (Å²) in [5, 5.41) is 8.59. The quantitative estimate of drug-likeness (QED) is 0.578. The minimum Gasteiger partial charge on any atom is -0.398 e. The van der Waals surface area contributed by atoms with Crippen molar-refractivity contribution in [2.24, 2.45) is 0 Å². The highest BCUT2D eigenvalue weighted by atomic mass is 15.1. The fraction of sp³-hybridized carbons (Fsp3) is 0.364. The van der Waals surface area contributed by atoms with Crippen molar-refractivity contribution in [2.75, 3.05) is 18.8 Å². The van der Waals surface area contributed by atoms with Crippen molar-refractivity contribution in [1.82, 2.24) is 4.90 Å². The normalized spacial score (nSPS) is 10.1. The van der Waals surface area contributed by atoms with Crippen LogP contribution in [0.2, 0.25) is 0 Å². The number of nitrogen functional groups attached to an aromatic ring is 1. The number of nitriles is 1. The summed E-state index contributed by atoms with van der Waals surface area (Å²) < 4.78 is 0. The van der Waals surface area contributed by atoms with Crippen LogP contribution in [0, 0.1) is 11.3 Å². The summed E-state index contributed by atoms with van der Waals surface area (Å²) in [6.45, 7) is 4.10. The molecule has 1 rings (SSSR count). The van der Waals surface area contributed by atoms with E-state index in [-0.39, 0.29) is 0 Å². The zero-order chi connectivity index (χ0) is 10.4. The first-order chi connectivity index (χ1) is 6.77. The predicted molar refractivity (Wildman–Crippen MR) is 57.4 cm³/mol. The molecular weight excluding hydrogens is 174 g/mol. The molecule has 3 heteroatoms. The number of nitrogens with zero attached hydrogens (tertiary/aromatic N) is 2. The van der Waals surface area contributed by atoms with Gasteiger partial charge in [-0.15, -0.1) is 0 Å². The van der Waals surface area contributed by atoms with E-state index < -0.39 is 0 Å². The minimum atomic E-state index is 0.449. The van der Waals surface area contributed by atoms with Crippen molar-refractivity contribution in [3.63, 3.8) is 0 Å². The molecule has 0 saturated heterocycles. The van der Waals surface area contributed by atoms with Gasteiger partial charge in [-0.1, -0.05) is 25.1 Å². The molecule has 0 aliphatic rings. The zero-order valence-corrected chi connectivity index (χ0v) is 8.40. The molecule has 0 bridgehead atoms. The SMILES string of the molecule is CCN(CC#N)Cc1ccccc1N. The fourth-order valence-electron chi connectivity index (χ4n) is 1.30. The summed E-state index contributed by atoms with van der Waals surface area (Å²) in [5.74, 6) is 0. The summed E-state index contributed by atoms with van der Waals surface area (Å²) in [4.78, 5) is 2.05. The molecule has 2 N–H and O–H groups in total. The molecule has 0 atom stereocenters. The van der Waals surface area contributed by atoms with E-state index in [0.717, 1.165) is 24.3 Å². The van der Waals surface area contributed by atoms with E-state index in [4.69, 9.17) is 11.0 Å². The van der Waals surface area contributed by atoms with Crippen molar-refractivity contribution >= 4 is 5.69 Å². The van der Waals surface area contributed by atoms with Gasteiger partial charge < -0.3 is 5.73 Å². The van der Waals surface area contributed by atoms with Crippen molar-refractivity contribution in [3.8, 4) is 6.07 Å². The number of nitrogens with two attached hydrogens (primary N) is 1. The number of hydrogen-bond donors (Lipinski definition) is 1. The Bertz CT molecular complexity index is 328. The van der Waals surface area contributed by atoms with Crippen LogP contribution in [0.15, 0.2) is 24.3 Å².